The van der Waals surface area contributed by atoms with Gasteiger partial charge in [0.1, 0.15) is 12.3 Å². The minimum atomic E-state index is 0.350. The Balaban J connectivity index is 2.16. The van der Waals surface area contributed by atoms with Gasteiger partial charge < -0.3 is 9.72 Å². The Hall–Kier alpha value is -1.25. The number of hydrogen-bond acceptors (Lipinski definition) is 2. The number of aromatic nitrogens is 1. The van der Waals surface area contributed by atoms with Gasteiger partial charge in [-0.25, -0.2) is 4.99 Å². The highest BCUT2D eigenvalue weighted by atomic mass is 16.5. The van der Waals surface area contributed by atoms with Crippen LogP contribution in [-0.4, -0.2) is 23.5 Å². The lowest BCUT2D eigenvalue weighted by molar-refractivity contribution is 0.314. The standard InChI is InChI=1S/C9H12N2O/c1-2-7-6-12-9(11-7)8-4-3-5-10-8/h3-5,7,10H,2,6H2,1H3/t7-/m1/s1. The summed E-state index contributed by atoms with van der Waals surface area (Å²) in [6.07, 6.45) is 2.92. The van der Waals surface area contributed by atoms with Gasteiger partial charge in [-0.05, 0) is 18.6 Å². The molecule has 0 aromatic carbocycles. The van der Waals surface area contributed by atoms with E-state index in [1.54, 1.807) is 0 Å². The first-order chi connectivity index (χ1) is 5.90. The molecule has 3 nitrogen and oxygen atoms in total. The Morgan fingerprint density at radius 1 is 1.75 bits per heavy atom. The van der Waals surface area contributed by atoms with Crippen molar-refractivity contribution in [3.63, 3.8) is 0 Å². The van der Waals surface area contributed by atoms with Gasteiger partial charge >= 0.3 is 0 Å². The summed E-state index contributed by atoms with van der Waals surface area (Å²) in [5.41, 5.74) is 0.978. The first-order valence-electron chi connectivity index (χ1n) is 4.24. The summed E-state index contributed by atoms with van der Waals surface area (Å²) in [5.74, 6) is 0.756. The highest BCUT2D eigenvalue weighted by molar-refractivity contribution is 5.93. The zero-order valence-electron chi connectivity index (χ0n) is 7.08. The van der Waals surface area contributed by atoms with Crippen LogP contribution in [0.4, 0.5) is 0 Å². The third kappa shape index (κ3) is 1.22. The normalized spacial score (nSPS) is 22.1. The molecule has 0 amide bonds. The van der Waals surface area contributed by atoms with Crippen molar-refractivity contribution in [1.29, 1.82) is 0 Å². The SMILES string of the molecule is CC[C@@H]1COC(c2ccc[nH]2)=N1. The van der Waals surface area contributed by atoms with Crippen LogP contribution < -0.4 is 0 Å². The molecule has 0 unspecified atom stereocenters. The van der Waals surface area contributed by atoms with Crippen LogP contribution in [0.5, 0.6) is 0 Å². The zero-order chi connectivity index (χ0) is 8.39. The van der Waals surface area contributed by atoms with Crippen molar-refractivity contribution in [3.8, 4) is 0 Å². The molecular weight excluding hydrogens is 152 g/mol. The molecule has 0 fully saturated rings. The summed E-state index contributed by atoms with van der Waals surface area (Å²) in [6.45, 7) is 2.85. The molecule has 0 radical (unpaired) electrons. The van der Waals surface area contributed by atoms with E-state index in [1.807, 2.05) is 18.3 Å². The van der Waals surface area contributed by atoms with Crippen LogP contribution in [0.1, 0.15) is 19.0 Å². The number of hydrogen-bond donors (Lipinski definition) is 1. The molecule has 1 atom stereocenters. The molecule has 64 valence electrons. The minimum absolute atomic E-state index is 0.350. The van der Waals surface area contributed by atoms with Crippen LogP contribution in [0.3, 0.4) is 0 Å². The van der Waals surface area contributed by atoms with Crippen LogP contribution in [0.25, 0.3) is 0 Å². The highest BCUT2D eigenvalue weighted by Crippen LogP contribution is 2.12. The van der Waals surface area contributed by atoms with E-state index in [-0.39, 0.29) is 0 Å². The first kappa shape index (κ1) is 7.40. The van der Waals surface area contributed by atoms with Crippen LogP contribution in [0.15, 0.2) is 23.3 Å². The van der Waals surface area contributed by atoms with Crippen molar-refractivity contribution in [2.24, 2.45) is 4.99 Å². The summed E-state index contributed by atoms with van der Waals surface area (Å²) in [5, 5.41) is 0. The topological polar surface area (TPSA) is 37.4 Å². The van der Waals surface area contributed by atoms with E-state index in [4.69, 9.17) is 4.74 Å². The van der Waals surface area contributed by atoms with E-state index in [1.165, 1.54) is 0 Å². The van der Waals surface area contributed by atoms with Gasteiger partial charge in [0.25, 0.3) is 0 Å². The van der Waals surface area contributed by atoms with Crippen molar-refractivity contribution in [2.45, 2.75) is 19.4 Å². The average molecular weight is 164 g/mol. The molecule has 0 aliphatic carbocycles. The molecule has 1 aromatic rings. The number of nitrogens with zero attached hydrogens (tertiary/aromatic N) is 1. The molecule has 0 saturated carbocycles. The summed E-state index contributed by atoms with van der Waals surface area (Å²) >= 11 is 0. The summed E-state index contributed by atoms with van der Waals surface area (Å²) < 4.78 is 5.42. The molecule has 1 aliphatic rings. The highest BCUT2D eigenvalue weighted by Gasteiger charge is 2.18. The second kappa shape index (κ2) is 3.01. The summed E-state index contributed by atoms with van der Waals surface area (Å²) in [7, 11) is 0. The smallest absolute Gasteiger partial charge is 0.233 e. The predicted molar refractivity (Wildman–Crippen MR) is 47.4 cm³/mol. The molecule has 1 aromatic heterocycles. The van der Waals surface area contributed by atoms with Gasteiger partial charge in [-0.1, -0.05) is 6.92 Å². The van der Waals surface area contributed by atoms with Gasteiger partial charge in [0, 0.05) is 6.20 Å². The molecule has 0 spiro atoms. The van der Waals surface area contributed by atoms with Crippen molar-refractivity contribution in [3.05, 3.63) is 24.0 Å². The predicted octanol–water partition coefficient (Wildman–Crippen LogP) is 1.57. The van der Waals surface area contributed by atoms with E-state index in [0.29, 0.717) is 6.04 Å². The maximum absolute atomic E-state index is 5.42. The molecule has 1 aliphatic heterocycles. The molecule has 2 rings (SSSR count). The largest absolute Gasteiger partial charge is 0.474 e. The fourth-order valence-electron chi connectivity index (χ4n) is 1.24. The van der Waals surface area contributed by atoms with E-state index < -0.39 is 0 Å². The Morgan fingerprint density at radius 3 is 3.25 bits per heavy atom. The lowest BCUT2D eigenvalue weighted by Crippen LogP contribution is -2.03. The first-order valence-corrected chi connectivity index (χ1v) is 4.24. The maximum atomic E-state index is 5.42. The molecule has 0 saturated heterocycles. The molecule has 12 heavy (non-hydrogen) atoms. The van der Waals surface area contributed by atoms with Gasteiger partial charge in [-0.2, -0.15) is 0 Å². The summed E-state index contributed by atoms with van der Waals surface area (Å²) in [6, 6.07) is 4.26. The molecular formula is C9H12N2O. The number of aromatic amines is 1. The monoisotopic (exact) mass is 164 g/mol. The second-order valence-electron chi connectivity index (χ2n) is 2.89. The Kier molecular flexibility index (Phi) is 1.86. The maximum Gasteiger partial charge on any atom is 0.233 e. The quantitative estimate of drug-likeness (QED) is 0.707. The van der Waals surface area contributed by atoms with E-state index >= 15 is 0 Å². The molecule has 0 bridgehead atoms. The van der Waals surface area contributed by atoms with Gasteiger partial charge in [-0.15, -0.1) is 0 Å². The fraction of sp³-hybridized carbons (Fsp3) is 0.444. The van der Waals surface area contributed by atoms with Crippen LogP contribution in [0, 0.1) is 0 Å². The van der Waals surface area contributed by atoms with Gasteiger partial charge in [0.15, 0.2) is 0 Å². The molecule has 2 heterocycles. The lowest BCUT2D eigenvalue weighted by Gasteiger charge is -1.97. The van der Waals surface area contributed by atoms with Crippen molar-refractivity contribution in [1.82, 2.24) is 4.98 Å². The van der Waals surface area contributed by atoms with Crippen molar-refractivity contribution in [2.75, 3.05) is 6.61 Å². The van der Waals surface area contributed by atoms with Crippen LogP contribution >= 0.6 is 0 Å². The molecule has 1 N–H and O–H groups in total. The van der Waals surface area contributed by atoms with Crippen LogP contribution in [-0.2, 0) is 4.74 Å². The minimum Gasteiger partial charge on any atom is -0.474 e. The number of aliphatic imine (C=N–C) groups is 1. The number of ether oxygens (including phenoxy) is 1. The number of rotatable bonds is 2. The van der Waals surface area contributed by atoms with E-state index in [2.05, 4.69) is 16.9 Å². The molecule has 3 heteroatoms. The van der Waals surface area contributed by atoms with Crippen molar-refractivity contribution >= 4 is 5.90 Å². The van der Waals surface area contributed by atoms with E-state index in [0.717, 1.165) is 24.6 Å². The fourth-order valence-corrected chi connectivity index (χ4v) is 1.24. The van der Waals surface area contributed by atoms with Gasteiger partial charge in [-0.3, -0.25) is 0 Å². The Labute approximate surface area is 71.5 Å². The second-order valence-corrected chi connectivity index (χ2v) is 2.89. The van der Waals surface area contributed by atoms with Crippen LogP contribution in [0.2, 0.25) is 0 Å². The Bertz CT molecular complexity index is 277. The third-order valence-electron chi connectivity index (χ3n) is 2.01. The van der Waals surface area contributed by atoms with Gasteiger partial charge in [0.05, 0.1) is 6.04 Å². The lowest BCUT2D eigenvalue weighted by atomic mass is 10.3. The van der Waals surface area contributed by atoms with E-state index in [9.17, 15) is 0 Å². The van der Waals surface area contributed by atoms with Gasteiger partial charge in [0.2, 0.25) is 5.90 Å². The number of H-pyrrole nitrogens is 1. The Morgan fingerprint density at radius 2 is 2.67 bits per heavy atom. The number of nitrogens with one attached hydrogen (secondary N) is 1. The van der Waals surface area contributed by atoms with Crippen molar-refractivity contribution < 1.29 is 4.74 Å². The third-order valence-corrected chi connectivity index (χ3v) is 2.01. The average Bonchev–Trinajstić information content (AvgIpc) is 2.75. The summed E-state index contributed by atoms with van der Waals surface area (Å²) in [4.78, 5) is 7.48. The zero-order valence-corrected chi connectivity index (χ0v) is 7.08.